The van der Waals surface area contributed by atoms with Gasteiger partial charge in [0.1, 0.15) is 22.4 Å². The first-order valence-corrected chi connectivity index (χ1v) is 8.52. The monoisotopic (exact) mass is 403 g/mol. The number of nitrogens with one attached hydrogen (secondary N) is 1. The Morgan fingerprint density at radius 3 is 2.60 bits per heavy atom. The Labute approximate surface area is 151 Å². The van der Waals surface area contributed by atoms with Crippen LogP contribution in [0.25, 0.3) is 11.0 Å². The quantitative estimate of drug-likeness (QED) is 0.528. The lowest BCUT2D eigenvalue weighted by Crippen LogP contribution is -2.47. The zero-order chi connectivity index (χ0) is 17.4. The molecule has 0 atom stereocenters. The van der Waals surface area contributed by atoms with Crippen LogP contribution in [-0.2, 0) is 0 Å². The maximum Gasteiger partial charge on any atom is 0.292 e. The molecule has 0 amide bonds. The van der Waals surface area contributed by atoms with Gasteiger partial charge in [0.05, 0.1) is 10.3 Å². The fourth-order valence-electron chi connectivity index (χ4n) is 3.09. The number of nitro benzene ring substituents is 1. The summed E-state index contributed by atoms with van der Waals surface area (Å²) in [5, 5.41) is 19.1. The van der Waals surface area contributed by atoms with Crippen LogP contribution in [0.2, 0.25) is 0 Å². The molecule has 4 rings (SSSR count). The first-order chi connectivity index (χ1) is 12.1. The minimum atomic E-state index is -0.335. The van der Waals surface area contributed by atoms with Crippen molar-refractivity contribution < 1.29 is 4.92 Å². The molecular weight excluding hydrogens is 390 g/mol. The van der Waals surface area contributed by atoms with Gasteiger partial charge in [0.15, 0.2) is 5.65 Å². The molecule has 128 valence electrons. The smallest absolute Gasteiger partial charge is 0.292 e. The van der Waals surface area contributed by atoms with Gasteiger partial charge in [-0.05, 0) is 22.0 Å². The SMILES string of the molecule is O=[N+]([O-])c1ccccc1N1CCN(c2ncnc3n[nH]c(Br)c23)CC1. The van der Waals surface area contributed by atoms with E-state index in [1.807, 2.05) is 11.0 Å². The highest BCUT2D eigenvalue weighted by Gasteiger charge is 2.25. The molecule has 1 aliphatic heterocycles. The number of nitrogens with zero attached hydrogens (tertiary/aromatic N) is 6. The molecule has 1 aliphatic rings. The zero-order valence-corrected chi connectivity index (χ0v) is 14.7. The number of rotatable bonds is 3. The number of fused-ring (bicyclic) bond motifs is 1. The van der Waals surface area contributed by atoms with Crippen LogP contribution in [0.1, 0.15) is 0 Å². The minimum absolute atomic E-state index is 0.137. The molecule has 0 aliphatic carbocycles. The number of hydrogen-bond acceptors (Lipinski definition) is 7. The largest absolute Gasteiger partial charge is 0.362 e. The lowest BCUT2D eigenvalue weighted by atomic mass is 10.2. The van der Waals surface area contributed by atoms with Crippen LogP contribution in [0.15, 0.2) is 35.2 Å². The van der Waals surface area contributed by atoms with Crippen LogP contribution in [0.4, 0.5) is 17.2 Å². The summed E-state index contributed by atoms with van der Waals surface area (Å²) in [5.74, 6) is 0.813. The van der Waals surface area contributed by atoms with Crippen molar-refractivity contribution in [2.45, 2.75) is 0 Å². The highest BCUT2D eigenvalue weighted by molar-refractivity contribution is 9.10. The Hall–Kier alpha value is -2.75. The second kappa shape index (κ2) is 6.28. The predicted octanol–water partition coefficient (Wildman–Crippen LogP) is 2.35. The highest BCUT2D eigenvalue weighted by atomic mass is 79.9. The fraction of sp³-hybridized carbons (Fsp3) is 0.267. The molecule has 1 aromatic carbocycles. The summed E-state index contributed by atoms with van der Waals surface area (Å²) >= 11 is 3.45. The second-order valence-electron chi connectivity index (χ2n) is 5.65. The molecule has 0 bridgehead atoms. The average Bonchev–Trinajstić information content (AvgIpc) is 3.03. The van der Waals surface area contributed by atoms with Crippen molar-refractivity contribution >= 4 is 44.2 Å². The van der Waals surface area contributed by atoms with Crippen LogP contribution >= 0.6 is 15.9 Å². The Bertz CT molecular complexity index is 937. The number of piperazine rings is 1. The molecule has 0 radical (unpaired) electrons. The van der Waals surface area contributed by atoms with Gasteiger partial charge in [-0.1, -0.05) is 12.1 Å². The number of aromatic amines is 1. The van der Waals surface area contributed by atoms with Crippen molar-refractivity contribution in [1.29, 1.82) is 0 Å². The van der Waals surface area contributed by atoms with E-state index in [1.54, 1.807) is 12.1 Å². The molecule has 1 N–H and O–H groups in total. The fourth-order valence-corrected chi connectivity index (χ4v) is 3.53. The number of halogens is 1. The summed E-state index contributed by atoms with van der Waals surface area (Å²) in [5.41, 5.74) is 1.40. The third kappa shape index (κ3) is 2.78. The summed E-state index contributed by atoms with van der Waals surface area (Å²) in [6, 6.07) is 6.85. The van der Waals surface area contributed by atoms with E-state index in [-0.39, 0.29) is 10.6 Å². The lowest BCUT2D eigenvalue weighted by molar-refractivity contribution is -0.384. The van der Waals surface area contributed by atoms with Crippen molar-refractivity contribution in [3.63, 3.8) is 0 Å². The van der Waals surface area contributed by atoms with Gasteiger partial charge in [-0.25, -0.2) is 9.97 Å². The van der Waals surface area contributed by atoms with E-state index in [0.717, 1.165) is 15.8 Å². The van der Waals surface area contributed by atoms with E-state index in [2.05, 4.69) is 41.0 Å². The van der Waals surface area contributed by atoms with Crippen LogP contribution < -0.4 is 9.80 Å². The third-order valence-electron chi connectivity index (χ3n) is 4.29. The Kier molecular flexibility index (Phi) is 3.96. The van der Waals surface area contributed by atoms with Gasteiger partial charge < -0.3 is 9.80 Å². The minimum Gasteiger partial charge on any atom is -0.362 e. The number of anilines is 2. The Morgan fingerprint density at radius 1 is 1.12 bits per heavy atom. The van der Waals surface area contributed by atoms with Crippen molar-refractivity contribution in [2.75, 3.05) is 36.0 Å². The van der Waals surface area contributed by atoms with E-state index < -0.39 is 0 Å². The second-order valence-corrected chi connectivity index (χ2v) is 6.45. The Balaban J connectivity index is 1.58. The van der Waals surface area contributed by atoms with E-state index in [1.165, 1.54) is 12.4 Å². The molecule has 2 aromatic heterocycles. The zero-order valence-electron chi connectivity index (χ0n) is 13.1. The molecule has 3 heterocycles. The van der Waals surface area contributed by atoms with Gasteiger partial charge in [-0.2, -0.15) is 5.10 Å². The summed E-state index contributed by atoms with van der Waals surface area (Å²) < 4.78 is 0.749. The number of benzene rings is 1. The normalized spacial score (nSPS) is 14.9. The van der Waals surface area contributed by atoms with Gasteiger partial charge in [0.25, 0.3) is 5.69 Å². The van der Waals surface area contributed by atoms with Crippen LogP contribution in [-0.4, -0.2) is 51.3 Å². The Morgan fingerprint density at radius 2 is 1.84 bits per heavy atom. The predicted molar refractivity (Wildman–Crippen MR) is 96.9 cm³/mol. The number of H-pyrrole nitrogens is 1. The molecule has 25 heavy (non-hydrogen) atoms. The molecule has 1 fully saturated rings. The lowest BCUT2D eigenvalue weighted by Gasteiger charge is -2.36. The van der Waals surface area contributed by atoms with Gasteiger partial charge in [-0.15, -0.1) is 0 Å². The molecule has 9 nitrogen and oxygen atoms in total. The summed E-state index contributed by atoms with van der Waals surface area (Å²) in [4.78, 5) is 23.7. The maximum atomic E-state index is 11.2. The first kappa shape index (κ1) is 15.8. The van der Waals surface area contributed by atoms with E-state index in [4.69, 9.17) is 0 Å². The molecule has 0 saturated carbocycles. The van der Waals surface area contributed by atoms with Crippen molar-refractivity contribution in [1.82, 2.24) is 20.2 Å². The van der Waals surface area contributed by atoms with Gasteiger partial charge in [0.2, 0.25) is 0 Å². The van der Waals surface area contributed by atoms with E-state index >= 15 is 0 Å². The number of hydrogen-bond donors (Lipinski definition) is 1. The van der Waals surface area contributed by atoms with Crippen LogP contribution in [0.5, 0.6) is 0 Å². The molecule has 1 saturated heterocycles. The molecule has 0 unspecified atom stereocenters. The summed E-state index contributed by atoms with van der Waals surface area (Å²) in [7, 11) is 0. The van der Waals surface area contributed by atoms with Crippen LogP contribution in [0, 0.1) is 10.1 Å². The highest BCUT2D eigenvalue weighted by Crippen LogP contribution is 2.31. The topological polar surface area (TPSA) is 104 Å². The van der Waals surface area contributed by atoms with Crippen LogP contribution in [0.3, 0.4) is 0 Å². The summed E-state index contributed by atoms with van der Waals surface area (Å²) in [6.45, 7) is 2.75. The molecular formula is C15H14BrN7O2. The number of para-hydroxylation sites is 2. The molecule has 10 heteroatoms. The van der Waals surface area contributed by atoms with Gasteiger partial charge in [-0.3, -0.25) is 15.2 Å². The van der Waals surface area contributed by atoms with Crippen molar-refractivity contribution in [3.05, 3.63) is 45.3 Å². The summed E-state index contributed by atoms with van der Waals surface area (Å²) in [6.07, 6.45) is 1.50. The maximum absolute atomic E-state index is 11.2. The van der Waals surface area contributed by atoms with Crippen molar-refractivity contribution in [2.24, 2.45) is 0 Å². The van der Waals surface area contributed by atoms with Gasteiger partial charge >= 0.3 is 0 Å². The standard InChI is InChI=1S/C15H14BrN7O2/c16-13-12-14(20-19-13)17-9-18-15(12)22-7-5-21(6-8-22)10-3-1-2-4-11(10)23(24)25/h1-4,9H,5-8H2,(H,17,18,19,20). The van der Waals surface area contributed by atoms with E-state index in [9.17, 15) is 10.1 Å². The molecule has 0 spiro atoms. The van der Waals surface area contributed by atoms with E-state index in [0.29, 0.717) is 37.5 Å². The molecule has 3 aromatic rings. The van der Waals surface area contributed by atoms with Crippen molar-refractivity contribution in [3.8, 4) is 0 Å². The third-order valence-corrected chi connectivity index (χ3v) is 4.86. The number of nitro groups is 1. The number of aromatic nitrogens is 4. The first-order valence-electron chi connectivity index (χ1n) is 7.73. The van der Waals surface area contributed by atoms with Gasteiger partial charge in [0, 0.05) is 32.2 Å². The average molecular weight is 404 g/mol.